The number of hydrogen-bond acceptors (Lipinski definition) is 7. The second-order valence-electron chi connectivity index (χ2n) is 5.22. The van der Waals surface area contributed by atoms with E-state index in [9.17, 15) is 4.79 Å². The number of ether oxygens (including phenoxy) is 2. The molecule has 0 unspecified atom stereocenters. The van der Waals surface area contributed by atoms with Crippen LogP contribution in [0.5, 0.6) is 11.5 Å². The third-order valence-corrected chi connectivity index (χ3v) is 3.35. The van der Waals surface area contributed by atoms with Gasteiger partial charge in [0.2, 0.25) is 11.7 Å². The number of hydrogen-bond donors (Lipinski definition) is 1. The highest BCUT2D eigenvalue weighted by atomic mass is 16.5. The molecule has 2 aromatic heterocycles. The Bertz CT molecular complexity index is 834. The monoisotopic (exact) mass is 354 g/mol. The fourth-order valence-corrected chi connectivity index (χ4v) is 2.12. The molecule has 0 aliphatic rings. The third kappa shape index (κ3) is 4.79. The predicted molar refractivity (Wildman–Crippen MR) is 92.5 cm³/mol. The van der Waals surface area contributed by atoms with Gasteiger partial charge in [-0.2, -0.15) is 4.98 Å². The lowest BCUT2D eigenvalue weighted by molar-refractivity contribution is -0.123. The van der Waals surface area contributed by atoms with E-state index in [0.29, 0.717) is 24.1 Å². The quantitative estimate of drug-likeness (QED) is 0.662. The van der Waals surface area contributed by atoms with Crippen LogP contribution in [0, 0.1) is 0 Å². The van der Waals surface area contributed by atoms with Crippen LogP contribution in [0.1, 0.15) is 12.8 Å². The van der Waals surface area contributed by atoms with Crippen molar-refractivity contribution >= 4 is 5.91 Å². The molecule has 0 atom stereocenters. The molecule has 2 heterocycles. The van der Waals surface area contributed by atoms with E-state index in [4.69, 9.17) is 14.0 Å². The van der Waals surface area contributed by atoms with Gasteiger partial charge < -0.3 is 19.3 Å². The molecule has 0 saturated heterocycles. The first-order valence-electron chi connectivity index (χ1n) is 8.10. The van der Waals surface area contributed by atoms with E-state index in [2.05, 4.69) is 20.4 Å². The van der Waals surface area contributed by atoms with Crippen molar-refractivity contribution < 1.29 is 18.8 Å². The van der Waals surface area contributed by atoms with Crippen molar-refractivity contribution in [3.8, 4) is 22.9 Å². The molecule has 0 aliphatic carbocycles. The number of carbonyl (C=O) groups excluding carboxylic acids is 1. The summed E-state index contributed by atoms with van der Waals surface area (Å²) in [4.78, 5) is 20.0. The summed E-state index contributed by atoms with van der Waals surface area (Å²) in [6.07, 6.45) is 3.29. The topological polar surface area (TPSA) is 99.4 Å². The molecule has 0 spiro atoms. The average Bonchev–Trinajstić information content (AvgIpc) is 3.16. The van der Waals surface area contributed by atoms with E-state index in [-0.39, 0.29) is 19.1 Å². The Labute approximate surface area is 150 Å². The SMILES string of the molecule is CCOc1ccc(OCC(=O)NCc2nc(-c3ccncc3)no2)cc1. The lowest BCUT2D eigenvalue weighted by Gasteiger charge is -2.07. The summed E-state index contributed by atoms with van der Waals surface area (Å²) in [6.45, 7) is 2.53. The molecule has 3 aromatic rings. The molecule has 134 valence electrons. The minimum Gasteiger partial charge on any atom is -0.494 e. The van der Waals surface area contributed by atoms with Gasteiger partial charge in [-0.25, -0.2) is 0 Å². The normalized spacial score (nSPS) is 10.3. The Morgan fingerprint density at radius 2 is 1.77 bits per heavy atom. The largest absolute Gasteiger partial charge is 0.494 e. The van der Waals surface area contributed by atoms with Crippen molar-refractivity contribution in [2.45, 2.75) is 13.5 Å². The van der Waals surface area contributed by atoms with E-state index in [1.807, 2.05) is 6.92 Å². The van der Waals surface area contributed by atoms with Gasteiger partial charge in [-0.1, -0.05) is 5.16 Å². The van der Waals surface area contributed by atoms with Crippen LogP contribution in [0.3, 0.4) is 0 Å². The van der Waals surface area contributed by atoms with Crippen molar-refractivity contribution in [2.24, 2.45) is 0 Å². The Hall–Kier alpha value is -3.42. The van der Waals surface area contributed by atoms with Crippen LogP contribution in [-0.2, 0) is 11.3 Å². The molecular weight excluding hydrogens is 336 g/mol. The fourth-order valence-electron chi connectivity index (χ4n) is 2.12. The lowest BCUT2D eigenvalue weighted by atomic mass is 10.2. The van der Waals surface area contributed by atoms with Gasteiger partial charge in [-0.3, -0.25) is 9.78 Å². The molecule has 0 radical (unpaired) electrons. The summed E-state index contributed by atoms with van der Waals surface area (Å²) < 4.78 is 15.9. The molecule has 8 nitrogen and oxygen atoms in total. The van der Waals surface area contributed by atoms with Gasteiger partial charge in [-0.05, 0) is 43.3 Å². The standard InChI is InChI=1S/C18H18N4O4/c1-2-24-14-3-5-15(6-4-14)25-12-16(23)20-11-17-21-18(22-26-17)13-7-9-19-10-8-13/h3-10H,2,11-12H2,1H3,(H,20,23). The summed E-state index contributed by atoms with van der Waals surface area (Å²) in [7, 11) is 0. The maximum absolute atomic E-state index is 11.9. The van der Waals surface area contributed by atoms with Crippen LogP contribution < -0.4 is 14.8 Å². The summed E-state index contributed by atoms with van der Waals surface area (Å²) >= 11 is 0. The molecular formula is C18H18N4O4. The van der Waals surface area contributed by atoms with Crippen LogP contribution in [0.15, 0.2) is 53.3 Å². The highest BCUT2D eigenvalue weighted by molar-refractivity contribution is 5.77. The maximum Gasteiger partial charge on any atom is 0.258 e. The number of carbonyl (C=O) groups is 1. The van der Waals surface area contributed by atoms with Crippen LogP contribution in [0.25, 0.3) is 11.4 Å². The third-order valence-electron chi connectivity index (χ3n) is 3.35. The lowest BCUT2D eigenvalue weighted by Crippen LogP contribution is -2.28. The van der Waals surface area contributed by atoms with E-state index in [1.165, 1.54) is 0 Å². The van der Waals surface area contributed by atoms with Crippen molar-refractivity contribution in [2.75, 3.05) is 13.2 Å². The summed E-state index contributed by atoms with van der Waals surface area (Å²) in [5, 5.41) is 6.54. The van der Waals surface area contributed by atoms with Crippen LogP contribution in [0.2, 0.25) is 0 Å². The Morgan fingerprint density at radius 1 is 1.08 bits per heavy atom. The molecule has 0 fully saturated rings. The van der Waals surface area contributed by atoms with Crippen LogP contribution in [-0.4, -0.2) is 34.2 Å². The number of aromatic nitrogens is 3. The van der Waals surface area contributed by atoms with Gasteiger partial charge in [-0.15, -0.1) is 0 Å². The van der Waals surface area contributed by atoms with Crippen LogP contribution in [0.4, 0.5) is 0 Å². The highest BCUT2D eigenvalue weighted by Crippen LogP contribution is 2.17. The van der Waals surface area contributed by atoms with E-state index >= 15 is 0 Å². The number of amides is 1. The zero-order valence-corrected chi connectivity index (χ0v) is 14.2. The number of pyridine rings is 1. The van der Waals surface area contributed by atoms with E-state index in [0.717, 1.165) is 11.3 Å². The van der Waals surface area contributed by atoms with Gasteiger partial charge in [0.15, 0.2) is 6.61 Å². The van der Waals surface area contributed by atoms with Gasteiger partial charge >= 0.3 is 0 Å². The zero-order chi connectivity index (χ0) is 18.2. The molecule has 8 heteroatoms. The van der Waals surface area contributed by atoms with Crippen molar-refractivity contribution in [3.05, 3.63) is 54.7 Å². The van der Waals surface area contributed by atoms with E-state index < -0.39 is 0 Å². The summed E-state index contributed by atoms with van der Waals surface area (Å²) in [6, 6.07) is 10.6. The first-order chi connectivity index (χ1) is 12.7. The summed E-state index contributed by atoms with van der Waals surface area (Å²) in [5.41, 5.74) is 0.792. The first-order valence-corrected chi connectivity index (χ1v) is 8.10. The van der Waals surface area contributed by atoms with Crippen LogP contribution >= 0.6 is 0 Å². The van der Waals surface area contributed by atoms with E-state index in [1.54, 1.807) is 48.8 Å². The molecule has 3 rings (SSSR count). The van der Waals surface area contributed by atoms with Gasteiger partial charge in [0, 0.05) is 18.0 Å². The molecule has 1 N–H and O–H groups in total. The molecule has 0 bridgehead atoms. The minimum absolute atomic E-state index is 0.112. The smallest absolute Gasteiger partial charge is 0.258 e. The molecule has 0 aliphatic heterocycles. The zero-order valence-electron chi connectivity index (χ0n) is 14.2. The maximum atomic E-state index is 11.9. The molecule has 1 aromatic carbocycles. The fraction of sp³-hybridized carbons (Fsp3) is 0.222. The number of nitrogens with one attached hydrogen (secondary N) is 1. The number of nitrogens with zero attached hydrogens (tertiary/aromatic N) is 3. The van der Waals surface area contributed by atoms with Crippen molar-refractivity contribution in [1.29, 1.82) is 0 Å². The second kappa shape index (κ2) is 8.61. The Kier molecular flexibility index (Phi) is 5.76. The van der Waals surface area contributed by atoms with Gasteiger partial charge in [0.25, 0.3) is 5.91 Å². The number of rotatable bonds is 8. The Balaban J connectivity index is 1.45. The van der Waals surface area contributed by atoms with Gasteiger partial charge in [0.1, 0.15) is 11.5 Å². The second-order valence-corrected chi connectivity index (χ2v) is 5.22. The predicted octanol–water partition coefficient (Wildman–Crippen LogP) is 2.23. The summed E-state index contributed by atoms with van der Waals surface area (Å²) in [5.74, 6) is 1.81. The Morgan fingerprint density at radius 3 is 2.46 bits per heavy atom. The van der Waals surface area contributed by atoms with Crippen molar-refractivity contribution in [1.82, 2.24) is 20.4 Å². The molecule has 0 saturated carbocycles. The highest BCUT2D eigenvalue weighted by Gasteiger charge is 2.10. The molecule has 26 heavy (non-hydrogen) atoms. The van der Waals surface area contributed by atoms with Crippen molar-refractivity contribution in [3.63, 3.8) is 0 Å². The molecule has 1 amide bonds. The van der Waals surface area contributed by atoms with Gasteiger partial charge in [0.05, 0.1) is 13.2 Å². The minimum atomic E-state index is -0.289. The average molecular weight is 354 g/mol. The first kappa shape index (κ1) is 17.4. The number of benzene rings is 1.